The highest BCUT2D eigenvalue weighted by atomic mass is 19.2. The summed E-state index contributed by atoms with van der Waals surface area (Å²) in [4.78, 5) is 161. The summed E-state index contributed by atoms with van der Waals surface area (Å²) >= 11 is 0. The van der Waals surface area contributed by atoms with Gasteiger partial charge in [-0.3, -0.25) is 77.1 Å². The van der Waals surface area contributed by atoms with Crippen molar-refractivity contribution in [1.82, 2.24) is 20.4 Å². The first-order chi connectivity index (χ1) is 70.3. The molecule has 0 aliphatic rings. The van der Waals surface area contributed by atoms with Crippen molar-refractivity contribution in [2.24, 2.45) is 5.92 Å². The Balaban J connectivity index is 0.000000222. The molecule has 0 aromatic heterocycles. The second-order valence-electron chi connectivity index (χ2n) is 40.3. The summed E-state index contributed by atoms with van der Waals surface area (Å²) in [6, 6.07) is 66.8. The van der Waals surface area contributed by atoms with E-state index in [0.717, 1.165) is 115 Å². The lowest BCUT2D eigenvalue weighted by Crippen LogP contribution is -2.40. The van der Waals surface area contributed by atoms with Crippen molar-refractivity contribution in [1.29, 1.82) is 0 Å². The Bertz CT molecular complexity index is 6800. The quantitative estimate of drug-likeness (QED) is 0.0262. The van der Waals surface area contributed by atoms with E-state index < -0.39 is 165 Å². The topological polar surface area (TPSA) is 285 Å². The Kier molecular flexibility index (Phi) is 40.2. The highest BCUT2D eigenvalue weighted by Gasteiger charge is 2.36. The number of rotatable bonds is 28. The van der Waals surface area contributed by atoms with Crippen molar-refractivity contribution in [3.63, 3.8) is 0 Å². The van der Waals surface area contributed by atoms with Gasteiger partial charge in [-0.05, 0) is 314 Å². The second-order valence-corrected chi connectivity index (χ2v) is 40.3. The monoisotopic (exact) mass is 2060 g/mol. The average Bonchev–Trinajstić information content (AvgIpc) is 0.803. The molecule has 0 saturated carbocycles. The predicted molar refractivity (Wildman–Crippen MR) is 563 cm³/mol. The van der Waals surface area contributed by atoms with Crippen LogP contribution in [0.2, 0.25) is 0 Å². The summed E-state index contributed by atoms with van der Waals surface area (Å²) in [6.07, 6.45) is 0. The largest absolute Gasteiger partial charge is 0.459 e. The third-order valence-electron chi connectivity index (χ3n) is 21.7. The van der Waals surface area contributed by atoms with Crippen LogP contribution in [-0.4, -0.2) is 169 Å². The molecule has 0 unspecified atom stereocenters. The number of carbonyl (C=O) groups is 12. The number of hydrogen-bond acceptors (Lipinski definition) is 16. The number of hydrogen-bond donors (Lipinski definition) is 2. The Labute approximate surface area is 868 Å². The van der Waals surface area contributed by atoms with Gasteiger partial charge in [-0.1, -0.05) is 135 Å². The van der Waals surface area contributed by atoms with Crippen LogP contribution < -0.4 is 30.2 Å². The summed E-state index contributed by atoms with van der Waals surface area (Å²) in [6.45, 7) is 33.2. The van der Waals surface area contributed by atoms with E-state index in [1.807, 2.05) is 48.5 Å². The van der Waals surface area contributed by atoms with Gasteiger partial charge in [-0.25, -0.2) is 35.1 Å². The Morgan fingerprint density at radius 1 is 0.273 bits per heavy atom. The molecule has 0 spiro atoms. The van der Waals surface area contributed by atoms with Crippen LogP contribution in [0, 0.1) is 52.5 Å². The normalized spacial score (nSPS) is 11.3. The van der Waals surface area contributed by atoms with Crippen molar-refractivity contribution < 1.29 is 112 Å². The maximum absolute atomic E-state index is 14.5. The molecular formula is C118H124F8N8O16. The first-order valence-corrected chi connectivity index (χ1v) is 48.2. The molecule has 0 aliphatic heterocycles. The molecule has 24 nitrogen and oxygen atoms in total. The molecule has 0 atom stereocenters. The molecule has 32 heteroatoms. The van der Waals surface area contributed by atoms with Crippen LogP contribution in [0.25, 0.3) is 44.5 Å². The van der Waals surface area contributed by atoms with Crippen LogP contribution >= 0.6 is 0 Å². The van der Waals surface area contributed by atoms with Gasteiger partial charge in [0.15, 0.2) is 0 Å². The Morgan fingerprint density at radius 3 is 0.693 bits per heavy atom. The van der Waals surface area contributed by atoms with Gasteiger partial charge >= 0.3 is 23.9 Å². The number of benzene rings is 12. The number of anilines is 4. The molecule has 12 aromatic carbocycles. The smallest absolute Gasteiger partial charge is 0.326 e. The molecule has 0 aliphatic carbocycles. The maximum Gasteiger partial charge on any atom is 0.326 e. The fraction of sp³-hybridized carbons (Fsp3) is 0.288. The molecule has 12 rings (SSSR count). The van der Waals surface area contributed by atoms with Gasteiger partial charge in [0, 0.05) is 84.3 Å². The lowest BCUT2D eigenvalue weighted by Gasteiger charge is -2.26. The predicted octanol–water partition coefficient (Wildman–Crippen LogP) is 23.6. The van der Waals surface area contributed by atoms with E-state index >= 15 is 0 Å². The SMILES string of the molecule is CC(C)(C)NC(=O)c1ccc(-c2cccc(N(CC(=O)OC(C)(C)C)C(=O)c3c(F)cccc3F)c2)cc1.CC(C)CNC(=O)c1ccc(-c2cccc(N(CC(=O)OC(C)(C)C)C(=O)c3c(F)cccc3F)c2)cc1.CCN(CC)C(=O)c1ccc(-c2cccc(N(CC(=O)OC(C)(C)C)C(=O)c3c(F)cccc3F)c2)cc1.CN(C)C(=O)c1ccc(-c2cccc(N(CC(=O)OC(C)(C)C)C(=O)c3c(F)cccc3F)c2)cc1. The highest BCUT2D eigenvalue weighted by Crippen LogP contribution is 2.36. The summed E-state index contributed by atoms with van der Waals surface area (Å²) in [5, 5.41) is 5.77. The van der Waals surface area contributed by atoms with E-state index in [9.17, 15) is 92.7 Å². The number of ether oxygens (including phenoxy) is 4. The molecule has 8 amide bonds. The van der Waals surface area contributed by atoms with E-state index in [4.69, 9.17) is 18.9 Å². The maximum atomic E-state index is 14.5. The average molecular weight is 2060 g/mol. The van der Waals surface area contributed by atoms with E-state index in [1.165, 1.54) is 4.90 Å². The van der Waals surface area contributed by atoms with E-state index in [-0.39, 0.29) is 51.9 Å². The Hall–Kier alpha value is -16.3. The first kappa shape index (κ1) is 117. The van der Waals surface area contributed by atoms with Gasteiger partial charge < -0.3 is 39.4 Å². The van der Waals surface area contributed by atoms with Gasteiger partial charge in [-0.15, -0.1) is 0 Å². The number of amides is 8. The van der Waals surface area contributed by atoms with Crippen LogP contribution in [0.3, 0.4) is 0 Å². The van der Waals surface area contributed by atoms with Crippen molar-refractivity contribution >= 4 is 93.9 Å². The highest BCUT2D eigenvalue weighted by molar-refractivity contribution is 6.12. The van der Waals surface area contributed by atoms with Crippen LogP contribution in [0.5, 0.6) is 0 Å². The minimum atomic E-state index is -1.04. The summed E-state index contributed by atoms with van der Waals surface area (Å²) in [5.74, 6) is -15.5. The number of carbonyl (C=O) groups excluding carboxylic acids is 12. The van der Waals surface area contributed by atoms with E-state index in [0.29, 0.717) is 70.1 Å². The van der Waals surface area contributed by atoms with Gasteiger partial charge in [0.05, 0.1) is 0 Å². The number of halogens is 8. The van der Waals surface area contributed by atoms with Gasteiger partial charge in [0.25, 0.3) is 47.3 Å². The molecule has 0 saturated heterocycles. The third kappa shape index (κ3) is 33.9. The van der Waals surface area contributed by atoms with Gasteiger partial charge in [-0.2, -0.15) is 0 Å². The summed E-state index contributed by atoms with van der Waals surface area (Å²) in [7, 11) is 3.32. The lowest BCUT2D eigenvalue weighted by molar-refractivity contribution is -0.154. The molecule has 0 radical (unpaired) electrons. The Morgan fingerprint density at radius 2 is 0.487 bits per heavy atom. The van der Waals surface area contributed by atoms with Crippen molar-refractivity contribution in [3.05, 3.63) is 358 Å². The van der Waals surface area contributed by atoms with Crippen LogP contribution in [0.1, 0.15) is 214 Å². The fourth-order valence-corrected chi connectivity index (χ4v) is 14.9. The minimum Gasteiger partial charge on any atom is -0.459 e. The zero-order valence-corrected chi connectivity index (χ0v) is 87.7. The lowest BCUT2D eigenvalue weighted by atomic mass is 10.0. The zero-order valence-electron chi connectivity index (χ0n) is 87.7. The molecule has 0 heterocycles. The van der Waals surface area contributed by atoms with Crippen molar-refractivity contribution in [3.8, 4) is 44.5 Å². The zero-order chi connectivity index (χ0) is 111. The summed E-state index contributed by atoms with van der Waals surface area (Å²) in [5.41, 5.74) is 2.00. The fourth-order valence-electron chi connectivity index (χ4n) is 14.9. The molecule has 0 bridgehead atoms. The number of nitrogens with zero attached hydrogens (tertiary/aromatic N) is 6. The summed E-state index contributed by atoms with van der Waals surface area (Å²) < 4.78 is 137. The molecule has 0 fully saturated rings. The van der Waals surface area contributed by atoms with Gasteiger partial charge in [0.1, 0.15) is 117 Å². The standard InChI is InChI=1S/3C30H32F2N2O4.C28H28F2N2O4/c1-29(2,3)33-27(36)20-15-13-19(14-16-20)21-9-7-10-22(17-21)34(18-25(35)38-30(4,5)6)28(37)26-23(31)11-8-12-24(26)32;1-19(2)17-33-28(36)21-14-12-20(13-15-21)22-8-6-9-23(16-22)34(18-26(35)38-30(3,4)5)29(37)27-24(31)10-7-11-25(27)32;1-6-33(7-2)28(36)21-16-14-20(15-17-21)22-10-8-11-23(18-22)34(19-26(35)38-30(3,4)5)29(37)27-24(31)12-9-13-25(27)32;1-28(2,3)36-24(33)17-32(27(35)25-22(29)10-7-11-23(25)30)21-9-6-8-20(16-21)18-12-14-19(15-13-18)26(34)31(4)5/h7-17H,18H2,1-6H3,(H,33,36);6-16,19H,17-18H2,1-5H3,(H,33,36);8-18H,6-7,19H2,1-5H3;6-16H,17H2,1-5H3. The number of nitrogens with one attached hydrogen (secondary N) is 2. The van der Waals surface area contributed by atoms with Crippen molar-refractivity contribution in [2.45, 2.75) is 159 Å². The number of esters is 4. The third-order valence-corrected chi connectivity index (χ3v) is 21.7. The molecule has 12 aromatic rings. The van der Waals surface area contributed by atoms with Crippen LogP contribution in [0.4, 0.5) is 57.9 Å². The van der Waals surface area contributed by atoms with E-state index in [1.54, 1.807) is 296 Å². The second kappa shape index (κ2) is 51.4. The van der Waals surface area contributed by atoms with Crippen LogP contribution in [0.15, 0.2) is 267 Å². The van der Waals surface area contributed by atoms with Crippen LogP contribution in [-0.2, 0) is 38.1 Å². The van der Waals surface area contributed by atoms with Gasteiger partial charge in [0.2, 0.25) is 0 Å². The molecule has 2 N–H and O–H groups in total. The molecule has 150 heavy (non-hydrogen) atoms. The first-order valence-electron chi connectivity index (χ1n) is 48.2. The molecular weight excluding hydrogens is 1940 g/mol. The minimum absolute atomic E-state index is 0.0728. The van der Waals surface area contributed by atoms with E-state index in [2.05, 4.69) is 10.6 Å². The van der Waals surface area contributed by atoms with Crippen molar-refractivity contribution in [2.75, 3.05) is 79.5 Å². The molecule has 788 valence electrons.